The average Bonchev–Trinajstić information content (AvgIpc) is 2.83. The van der Waals surface area contributed by atoms with E-state index in [9.17, 15) is 19.6 Å². The molecule has 0 fully saturated rings. The van der Waals surface area contributed by atoms with Gasteiger partial charge in [-0.15, -0.1) is 10.0 Å². The van der Waals surface area contributed by atoms with Crippen LogP contribution in [0.5, 0.6) is 0 Å². The minimum Gasteiger partial charge on any atom is -0.480 e. The molecule has 8 heteroatoms. The molecule has 1 amide bonds. The van der Waals surface area contributed by atoms with Crippen LogP contribution in [0, 0.1) is 0 Å². The van der Waals surface area contributed by atoms with Gasteiger partial charge in [0.1, 0.15) is 12.1 Å². The van der Waals surface area contributed by atoms with Gasteiger partial charge < -0.3 is 10.4 Å². The van der Waals surface area contributed by atoms with Crippen LogP contribution in [0.3, 0.4) is 0 Å². The lowest BCUT2D eigenvalue weighted by Gasteiger charge is -2.33. The van der Waals surface area contributed by atoms with Gasteiger partial charge in [-0.1, -0.05) is 30.3 Å². The molecule has 3 N–H and O–H groups in total. The minimum atomic E-state index is -2.12. The Labute approximate surface area is 151 Å². The van der Waals surface area contributed by atoms with Crippen LogP contribution in [-0.2, 0) is 20.1 Å². The molecule has 0 radical (unpaired) electrons. The third-order valence-electron chi connectivity index (χ3n) is 4.20. The molecule has 0 aromatic heterocycles. The highest BCUT2D eigenvalue weighted by atomic mass is 32.3. The maximum Gasteiger partial charge on any atom is 0.322 e. The third-order valence-corrected chi connectivity index (χ3v) is 7.43. The van der Waals surface area contributed by atoms with Crippen LogP contribution < -0.4 is 5.32 Å². The Kier molecular flexibility index (Phi) is 4.71. The second-order valence-electron chi connectivity index (χ2n) is 6.02. The van der Waals surface area contributed by atoms with Gasteiger partial charge in [0.15, 0.2) is 0 Å². The largest absolute Gasteiger partial charge is 0.480 e. The van der Waals surface area contributed by atoms with Crippen LogP contribution in [0.25, 0.3) is 0 Å². The van der Waals surface area contributed by atoms with Crippen LogP contribution in [0.4, 0.5) is 0 Å². The number of hydrogen-bond acceptors (Lipinski definition) is 5. The van der Waals surface area contributed by atoms with Crippen molar-refractivity contribution in [2.75, 3.05) is 12.8 Å². The number of nitrogens with zero attached hydrogens (tertiary/aromatic N) is 1. The summed E-state index contributed by atoms with van der Waals surface area (Å²) in [5.74, 6) is -1.58. The van der Waals surface area contributed by atoms with Crippen molar-refractivity contribution in [3.63, 3.8) is 0 Å². The summed E-state index contributed by atoms with van der Waals surface area (Å²) in [6.45, 7) is -0.603. The van der Waals surface area contributed by atoms with Crippen LogP contribution >= 0.6 is 10.0 Å². The zero-order chi connectivity index (χ0) is 18.9. The lowest BCUT2D eigenvalue weighted by molar-refractivity contribution is -0.137. The Bertz CT molecular complexity index is 875. The third kappa shape index (κ3) is 3.04. The Balaban J connectivity index is 2.02. The van der Waals surface area contributed by atoms with Gasteiger partial charge in [0.05, 0.1) is 5.70 Å². The van der Waals surface area contributed by atoms with E-state index in [4.69, 9.17) is 5.11 Å². The maximum atomic E-state index is 13.2. The summed E-state index contributed by atoms with van der Waals surface area (Å²) in [6.07, 6.45) is 6.49. The van der Waals surface area contributed by atoms with Crippen LogP contribution in [0.15, 0.2) is 64.9 Å². The van der Waals surface area contributed by atoms with Crippen molar-refractivity contribution in [2.24, 2.45) is 0 Å². The molecule has 0 bridgehead atoms. The van der Waals surface area contributed by atoms with E-state index in [1.807, 2.05) is 30.3 Å². The summed E-state index contributed by atoms with van der Waals surface area (Å²) in [7, 11) is -2.12. The normalized spacial score (nSPS) is 24.0. The van der Waals surface area contributed by atoms with Crippen molar-refractivity contribution in [3.8, 4) is 0 Å². The second-order valence-corrected chi connectivity index (χ2v) is 9.30. The van der Waals surface area contributed by atoms with E-state index >= 15 is 0 Å². The predicted octanol–water partition coefficient (Wildman–Crippen LogP) is 1.72. The number of rotatable bonds is 5. The van der Waals surface area contributed by atoms with Crippen molar-refractivity contribution in [3.05, 3.63) is 70.4 Å². The van der Waals surface area contributed by atoms with Crippen LogP contribution in [0.1, 0.15) is 5.56 Å². The quantitative estimate of drug-likeness (QED) is 0.678. The van der Waals surface area contributed by atoms with E-state index in [-0.39, 0.29) is 16.4 Å². The molecule has 1 unspecified atom stereocenters. The topological polar surface area (TPSA) is 107 Å². The van der Waals surface area contributed by atoms with Gasteiger partial charge in [0.2, 0.25) is 5.12 Å². The molecule has 7 nitrogen and oxygen atoms in total. The first kappa shape index (κ1) is 18.0. The maximum absolute atomic E-state index is 13.2. The van der Waals surface area contributed by atoms with Crippen molar-refractivity contribution < 1.29 is 24.7 Å². The molecule has 1 atom stereocenters. The molecule has 3 rings (SSSR count). The molecule has 0 saturated carbocycles. The van der Waals surface area contributed by atoms with Gasteiger partial charge in [-0.3, -0.25) is 19.6 Å². The number of carboxylic acid groups (broad SMARTS) is 1. The molecule has 2 aliphatic rings. The first-order chi connectivity index (χ1) is 12.3. The lowest BCUT2D eigenvalue weighted by Crippen LogP contribution is -2.33. The number of allylic oxidation sites excluding steroid dienone is 2. The van der Waals surface area contributed by atoms with Gasteiger partial charge in [0.25, 0.3) is 5.91 Å². The minimum absolute atomic E-state index is 0.133. The summed E-state index contributed by atoms with van der Waals surface area (Å²) < 4.78 is 0. The zero-order valence-electron chi connectivity index (χ0n) is 14.0. The summed E-state index contributed by atoms with van der Waals surface area (Å²) in [5.41, 5.74) is 0.886. The standard InChI is InChI=1S/C18H18N2O5S/c1-26(11-12-6-3-2-4-7-12)13-8-5-9-20(25)16(13)15(18(26)24)17(23)19-10-14(21)22/h2-9,25H,10-11H2,1H3,(H,19,23)(H,21,22). The molecule has 0 saturated heterocycles. The summed E-state index contributed by atoms with van der Waals surface area (Å²) in [4.78, 5) is 37.0. The lowest BCUT2D eigenvalue weighted by atomic mass is 10.1. The molecule has 136 valence electrons. The molecule has 2 aliphatic heterocycles. The van der Waals surface area contributed by atoms with Gasteiger partial charge in [-0.05, 0) is 24.0 Å². The number of carboxylic acids is 1. The fourth-order valence-electron chi connectivity index (χ4n) is 3.00. The fraction of sp³-hybridized carbons (Fsp3) is 0.167. The van der Waals surface area contributed by atoms with E-state index in [0.717, 1.165) is 10.6 Å². The number of hydroxylamine groups is 2. The van der Waals surface area contributed by atoms with Gasteiger partial charge in [-0.2, -0.15) is 0 Å². The van der Waals surface area contributed by atoms with Crippen molar-refractivity contribution in [2.45, 2.75) is 5.75 Å². The smallest absolute Gasteiger partial charge is 0.322 e. The molecule has 26 heavy (non-hydrogen) atoms. The van der Waals surface area contributed by atoms with E-state index < -0.39 is 28.4 Å². The number of aliphatic carboxylic acids is 1. The molecule has 1 aromatic carbocycles. The van der Waals surface area contributed by atoms with E-state index in [1.165, 1.54) is 6.20 Å². The molecule has 0 spiro atoms. The van der Waals surface area contributed by atoms with Gasteiger partial charge >= 0.3 is 5.97 Å². The number of benzene rings is 1. The molecule has 0 aliphatic carbocycles. The van der Waals surface area contributed by atoms with Gasteiger partial charge in [-0.25, -0.2) is 5.06 Å². The number of amides is 1. The molecule has 1 aromatic rings. The SMILES string of the molecule is CS1(Cc2ccccc2)C(=O)C(C(=O)NCC(=O)O)=C2C1=CC=CN2O. The number of carbonyl (C=O) groups is 3. The van der Waals surface area contributed by atoms with Crippen molar-refractivity contribution in [1.29, 1.82) is 0 Å². The number of fused-ring (bicyclic) bond motifs is 1. The summed E-state index contributed by atoms with van der Waals surface area (Å²) in [6, 6.07) is 9.44. The fourth-order valence-corrected chi connectivity index (χ4v) is 5.98. The van der Waals surface area contributed by atoms with E-state index in [2.05, 4.69) is 5.32 Å². The Morgan fingerprint density at radius 3 is 2.58 bits per heavy atom. The Morgan fingerprint density at radius 1 is 1.23 bits per heavy atom. The summed E-state index contributed by atoms with van der Waals surface area (Å²) >= 11 is 0. The number of hydrogen-bond donors (Lipinski definition) is 3. The van der Waals surface area contributed by atoms with Crippen LogP contribution in [0.2, 0.25) is 0 Å². The monoisotopic (exact) mass is 374 g/mol. The van der Waals surface area contributed by atoms with Crippen molar-refractivity contribution in [1.82, 2.24) is 10.4 Å². The highest BCUT2D eigenvalue weighted by Crippen LogP contribution is 2.65. The Morgan fingerprint density at radius 2 is 1.92 bits per heavy atom. The highest BCUT2D eigenvalue weighted by molar-refractivity contribution is 8.47. The Hall–Kier alpha value is -2.84. The average molecular weight is 374 g/mol. The molecular weight excluding hydrogens is 356 g/mol. The zero-order valence-corrected chi connectivity index (χ0v) is 14.8. The summed E-state index contributed by atoms with van der Waals surface area (Å²) in [5, 5.41) is 21.6. The number of carbonyl (C=O) groups excluding carboxylic acids is 2. The van der Waals surface area contributed by atoms with Crippen molar-refractivity contribution >= 4 is 27.0 Å². The van der Waals surface area contributed by atoms with Crippen LogP contribution in [-0.4, -0.2) is 45.2 Å². The first-order valence-electron chi connectivity index (χ1n) is 7.80. The highest BCUT2D eigenvalue weighted by Gasteiger charge is 2.48. The predicted molar refractivity (Wildman–Crippen MR) is 97.2 cm³/mol. The molecular formula is C18H18N2O5S. The van der Waals surface area contributed by atoms with E-state index in [0.29, 0.717) is 10.7 Å². The van der Waals surface area contributed by atoms with E-state index in [1.54, 1.807) is 18.4 Å². The number of nitrogens with one attached hydrogen (secondary N) is 1. The molecule has 2 heterocycles. The second kappa shape index (κ2) is 6.81. The first-order valence-corrected chi connectivity index (χ1v) is 10.0. The van der Waals surface area contributed by atoms with Gasteiger partial charge in [0, 0.05) is 16.9 Å².